The number of nitrogens with zero attached hydrogens (tertiary/aromatic N) is 2. The van der Waals surface area contributed by atoms with Gasteiger partial charge in [0.1, 0.15) is 6.54 Å². The van der Waals surface area contributed by atoms with Gasteiger partial charge in [-0.2, -0.15) is 4.21 Å². The second-order valence-electron chi connectivity index (χ2n) is 10.7. The highest BCUT2D eigenvalue weighted by Gasteiger charge is 2.20. The molecule has 1 unspecified atom stereocenters. The zero-order valence-electron chi connectivity index (χ0n) is 26.2. The van der Waals surface area contributed by atoms with E-state index in [4.69, 9.17) is 9.44 Å². The van der Waals surface area contributed by atoms with Crippen molar-refractivity contribution in [2.75, 3.05) is 18.0 Å². The van der Waals surface area contributed by atoms with Gasteiger partial charge in [-0.15, -0.1) is 4.33 Å². The molecule has 0 saturated heterocycles. The van der Waals surface area contributed by atoms with Crippen LogP contribution in [-0.2, 0) is 33.8 Å². The SMILES string of the molecule is CCN(Cc1ccccc1)c1ccc(C(=C2C=CC(=[N+](CC)Cc3ccccc3)C=C2)c2ccc(SOOO)cc2OS(=O)O)cc1. The van der Waals surface area contributed by atoms with E-state index < -0.39 is 11.4 Å². The highest BCUT2D eigenvalue weighted by Crippen LogP contribution is 2.38. The minimum absolute atomic E-state index is 0.166. The second-order valence-corrected chi connectivity index (χ2v) is 12.0. The summed E-state index contributed by atoms with van der Waals surface area (Å²) in [6.45, 7) is 7.51. The first-order valence-corrected chi connectivity index (χ1v) is 17.0. The number of rotatable bonds is 14. The molecule has 5 rings (SSSR count). The molecule has 0 amide bonds. The second kappa shape index (κ2) is 17.0. The average molecular weight is 670 g/mol. The maximum absolute atomic E-state index is 11.9. The monoisotopic (exact) mass is 669 g/mol. The first-order valence-electron chi connectivity index (χ1n) is 15.2. The van der Waals surface area contributed by atoms with Crippen LogP contribution >= 0.6 is 12.0 Å². The van der Waals surface area contributed by atoms with Gasteiger partial charge in [0.05, 0.1) is 12.0 Å². The summed E-state index contributed by atoms with van der Waals surface area (Å²) in [6, 6.07) is 34.1. The van der Waals surface area contributed by atoms with Crippen LogP contribution in [0.25, 0.3) is 5.57 Å². The Labute approximate surface area is 282 Å². The van der Waals surface area contributed by atoms with Gasteiger partial charge in [0.15, 0.2) is 18.0 Å². The Hall–Kier alpha value is -4.29. The third-order valence-corrected chi connectivity index (χ3v) is 8.68. The van der Waals surface area contributed by atoms with Crippen LogP contribution in [0, 0.1) is 0 Å². The van der Waals surface area contributed by atoms with Crippen molar-refractivity contribution < 1.29 is 32.1 Å². The van der Waals surface area contributed by atoms with E-state index in [2.05, 4.69) is 106 Å². The van der Waals surface area contributed by atoms with Gasteiger partial charge in [0, 0.05) is 47.0 Å². The van der Waals surface area contributed by atoms with Crippen molar-refractivity contribution in [3.05, 3.63) is 155 Å². The molecule has 0 aromatic heterocycles. The summed E-state index contributed by atoms with van der Waals surface area (Å²) >= 11 is -1.85. The summed E-state index contributed by atoms with van der Waals surface area (Å²) in [5.74, 6) is 0.166. The number of hydrogen-bond acceptors (Lipinski definition) is 7. The molecule has 47 heavy (non-hydrogen) atoms. The summed E-state index contributed by atoms with van der Waals surface area (Å²) in [4.78, 5) is 2.80. The fraction of sp³-hybridized carbons (Fsp3) is 0.162. The molecule has 1 atom stereocenters. The van der Waals surface area contributed by atoms with Gasteiger partial charge in [0.2, 0.25) is 0 Å². The lowest BCUT2D eigenvalue weighted by Gasteiger charge is -2.24. The van der Waals surface area contributed by atoms with Crippen molar-refractivity contribution in [3.8, 4) is 5.75 Å². The highest BCUT2D eigenvalue weighted by atomic mass is 32.2. The smallest absolute Gasteiger partial charge is 0.357 e. The van der Waals surface area contributed by atoms with Crippen molar-refractivity contribution in [2.45, 2.75) is 31.8 Å². The van der Waals surface area contributed by atoms with Crippen LogP contribution in [0.3, 0.4) is 0 Å². The van der Waals surface area contributed by atoms with E-state index in [0.717, 1.165) is 66.3 Å². The summed E-state index contributed by atoms with van der Waals surface area (Å²) in [5.41, 5.74) is 7.84. The fourth-order valence-corrected chi connectivity index (χ4v) is 6.17. The average Bonchev–Trinajstić information content (AvgIpc) is 3.11. The van der Waals surface area contributed by atoms with E-state index >= 15 is 0 Å². The van der Waals surface area contributed by atoms with Gasteiger partial charge in [-0.3, -0.25) is 4.55 Å². The van der Waals surface area contributed by atoms with E-state index in [-0.39, 0.29) is 5.75 Å². The molecular formula is C37H37N2O6S2+. The molecule has 0 bridgehead atoms. The van der Waals surface area contributed by atoms with Crippen LogP contribution in [0.5, 0.6) is 5.75 Å². The molecule has 4 aromatic carbocycles. The fourth-order valence-electron chi connectivity index (χ4n) is 5.50. The molecule has 1 aliphatic rings. The Bertz CT molecular complexity index is 1770. The lowest BCUT2D eigenvalue weighted by Crippen LogP contribution is -2.21. The van der Waals surface area contributed by atoms with Crippen LogP contribution in [0.1, 0.15) is 36.1 Å². The quantitative estimate of drug-likeness (QED) is 0.0456. The summed E-state index contributed by atoms with van der Waals surface area (Å²) in [5, 5.41) is 12.4. The minimum atomic E-state index is -2.59. The third-order valence-electron chi connectivity index (χ3n) is 7.78. The number of allylic oxidation sites excluding steroid dienone is 5. The zero-order valence-corrected chi connectivity index (χ0v) is 27.8. The maximum atomic E-state index is 11.9. The van der Waals surface area contributed by atoms with E-state index in [0.29, 0.717) is 10.5 Å². The summed E-state index contributed by atoms with van der Waals surface area (Å²) < 4.78 is 33.9. The van der Waals surface area contributed by atoms with Crippen LogP contribution in [-0.4, -0.2) is 37.4 Å². The Kier molecular flexibility index (Phi) is 12.3. The molecule has 2 N–H and O–H groups in total. The van der Waals surface area contributed by atoms with Gasteiger partial charge < -0.3 is 9.08 Å². The number of anilines is 1. The normalized spacial score (nSPS) is 13.0. The van der Waals surface area contributed by atoms with Crippen LogP contribution in [0.15, 0.2) is 138 Å². The highest BCUT2D eigenvalue weighted by molar-refractivity contribution is 7.94. The first-order chi connectivity index (χ1) is 23.0. The molecule has 242 valence electrons. The molecule has 8 nitrogen and oxygen atoms in total. The molecule has 0 aliphatic heterocycles. The standard InChI is InChI=1S/C37H36N2O6S2/c1-3-38(26-28-11-7-5-8-12-28)32-19-15-30(16-20-32)37(35-24-23-34(46-45-44-40)25-36(35)43-47(41)42)31-17-21-33(22-18-31)39(4-2)27-29-13-9-6-10-14-29/h5-25H,3-4,26-27H2,1-2H3,(H-,40,41,42)/p+1. The lowest BCUT2D eigenvalue weighted by atomic mass is 9.90. The number of benzene rings is 4. The molecule has 0 spiro atoms. The molecule has 0 fully saturated rings. The van der Waals surface area contributed by atoms with Crippen LogP contribution in [0.4, 0.5) is 5.69 Å². The Morgan fingerprint density at radius 2 is 1.51 bits per heavy atom. The van der Waals surface area contributed by atoms with Crippen molar-refractivity contribution in [2.24, 2.45) is 0 Å². The predicted molar refractivity (Wildman–Crippen MR) is 188 cm³/mol. The Balaban J connectivity index is 1.57. The van der Waals surface area contributed by atoms with Gasteiger partial charge >= 0.3 is 11.4 Å². The Morgan fingerprint density at radius 3 is 2.11 bits per heavy atom. The van der Waals surface area contributed by atoms with Crippen molar-refractivity contribution in [1.82, 2.24) is 0 Å². The van der Waals surface area contributed by atoms with Gasteiger partial charge in [-0.1, -0.05) is 77.8 Å². The largest absolute Gasteiger partial charge is 0.379 e. The van der Waals surface area contributed by atoms with Crippen molar-refractivity contribution in [1.29, 1.82) is 0 Å². The molecule has 1 aliphatic carbocycles. The Morgan fingerprint density at radius 1 is 0.851 bits per heavy atom. The van der Waals surface area contributed by atoms with Gasteiger partial charge in [-0.25, -0.2) is 9.83 Å². The van der Waals surface area contributed by atoms with Crippen molar-refractivity contribution in [3.63, 3.8) is 0 Å². The predicted octanol–water partition coefficient (Wildman–Crippen LogP) is 8.26. The molecular weight excluding hydrogens is 633 g/mol. The van der Waals surface area contributed by atoms with E-state index in [1.165, 1.54) is 11.1 Å². The van der Waals surface area contributed by atoms with E-state index in [1.54, 1.807) is 18.2 Å². The lowest BCUT2D eigenvalue weighted by molar-refractivity contribution is -0.539. The zero-order chi connectivity index (χ0) is 33.0. The molecule has 0 heterocycles. The molecule has 0 saturated carbocycles. The van der Waals surface area contributed by atoms with Gasteiger partial charge in [-0.05, 0) is 78.6 Å². The molecule has 4 aromatic rings. The summed E-state index contributed by atoms with van der Waals surface area (Å²) in [6.07, 6.45) is 8.31. The van der Waals surface area contributed by atoms with Gasteiger partial charge in [0.25, 0.3) is 0 Å². The first kappa shape index (κ1) is 34.1. The van der Waals surface area contributed by atoms with Crippen molar-refractivity contribution >= 4 is 40.4 Å². The number of hydrogen-bond donors (Lipinski definition) is 2. The maximum Gasteiger partial charge on any atom is 0.357 e. The van der Waals surface area contributed by atoms with E-state index in [1.807, 2.05) is 36.4 Å². The minimum Gasteiger partial charge on any atom is -0.379 e. The van der Waals surface area contributed by atoms with E-state index in [9.17, 15) is 8.76 Å². The van der Waals surface area contributed by atoms with Crippen LogP contribution < -0.4 is 9.08 Å². The molecule has 0 radical (unpaired) electrons. The third kappa shape index (κ3) is 9.17. The molecule has 10 heteroatoms. The van der Waals surface area contributed by atoms with Crippen LogP contribution in [0.2, 0.25) is 0 Å². The topological polar surface area (TPSA) is 91.5 Å². The summed E-state index contributed by atoms with van der Waals surface area (Å²) in [7, 11) is 0.